The van der Waals surface area contributed by atoms with E-state index in [1.807, 2.05) is 18.2 Å². The van der Waals surface area contributed by atoms with Crippen LogP contribution in [0.25, 0.3) is 0 Å². The number of nitrogens with zero attached hydrogens (tertiary/aromatic N) is 1. The molecule has 0 bridgehead atoms. The summed E-state index contributed by atoms with van der Waals surface area (Å²) < 4.78 is 0. The Morgan fingerprint density at radius 2 is 2.15 bits per heavy atom. The van der Waals surface area contributed by atoms with E-state index in [4.69, 9.17) is 0 Å². The zero-order valence-corrected chi connectivity index (χ0v) is 12.2. The number of carboxylic acid groups (broad SMARTS) is 1. The number of carbonyl (C=O) groups is 2. The molecule has 2 aliphatic heterocycles. The fourth-order valence-corrected chi connectivity index (χ4v) is 4.13. The van der Waals surface area contributed by atoms with Crippen molar-refractivity contribution in [1.29, 1.82) is 0 Å². The molecule has 5 heteroatoms. The number of carbonyl (C=O) groups excluding carboxylic acids is 1. The van der Waals surface area contributed by atoms with Crippen molar-refractivity contribution >= 4 is 23.6 Å². The maximum absolute atomic E-state index is 12.5. The first-order valence-corrected chi connectivity index (χ1v) is 7.64. The molecule has 0 spiro atoms. The Morgan fingerprint density at radius 3 is 2.80 bits per heavy atom. The van der Waals surface area contributed by atoms with Gasteiger partial charge in [-0.15, -0.1) is 11.8 Å². The van der Waals surface area contributed by atoms with Crippen LogP contribution in [0.15, 0.2) is 29.2 Å². The molecule has 0 aromatic heterocycles. The van der Waals surface area contributed by atoms with E-state index in [9.17, 15) is 14.7 Å². The van der Waals surface area contributed by atoms with E-state index < -0.39 is 11.4 Å². The van der Waals surface area contributed by atoms with Gasteiger partial charge in [0.2, 0.25) is 5.91 Å². The highest BCUT2D eigenvalue weighted by atomic mass is 32.2. The SMILES string of the molecule is CC1(C(=O)O)CCN(C(=O)C2Cc3ccccc3S2)C1. The first-order chi connectivity index (χ1) is 9.49. The summed E-state index contributed by atoms with van der Waals surface area (Å²) in [6, 6.07) is 8.07. The summed E-state index contributed by atoms with van der Waals surface area (Å²) in [6.07, 6.45) is 1.29. The van der Waals surface area contributed by atoms with Gasteiger partial charge in [0.05, 0.1) is 10.7 Å². The summed E-state index contributed by atoms with van der Waals surface area (Å²) in [4.78, 5) is 26.7. The molecule has 1 aromatic rings. The molecule has 3 rings (SSSR count). The lowest BCUT2D eigenvalue weighted by Gasteiger charge is -2.22. The first-order valence-electron chi connectivity index (χ1n) is 6.76. The molecule has 2 heterocycles. The van der Waals surface area contributed by atoms with Gasteiger partial charge in [-0.05, 0) is 31.4 Å². The number of hydrogen-bond acceptors (Lipinski definition) is 3. The van der Waals surface area contributed by atoms with Crippen LogP contribution in [0, 0.1) is 5.41 Å². The van der Waals surface area contributed by atoms with E-state index >= 15 is 0 Å². The maximum atomic E-state index is 12.5. The van der Waals surface area contributed by atoms with Crippen molar-refractivity contribution in [3.63, 3.8) is 0 Å². The van der Waals surface area contributed by atoms with E-state index in [2.05, 4.69) is 6.07 Å². The lowest BCUT2D eigenvalue weighted by atomic mass is 9.90. The van der Waals surface area contributed by atoms with Crippen LogP contribution in [-0.2, 0) is 16.0 Å². The van der Waals surface area contributed by atoms with Gasteiger partial charge in [-0.25, -0.2) is 0 Å². The molecule has 1 aromatic carbocycles. The van der Waals surface area contributed by atoms with Crippen molar-refractivity contribution in [3.05, 3.63) is 29.8 Å². The molecule has 0 radical (unpaired) electrons. The van der Waals surface area contributed by atoms with Gasteiger partial charge in [0, 0.05) is 18.0 Å². The minimum atomic E-state index is -0.810. The maximum Gasteiger partial charge on any atom is 0.311 e. The van der Waals surface area contributed by atoms with E-state index in [0.717, 1.165) is 6.42 Å². The summed E-state index contributed by atoms with van der Waals surface area (Å²) in [5, 5.41) is 9.14. The number of rotatable bonds is 2. The molecule has 106 valence electrons. The molecule has 0 aliphatic carbocycles. The molecule has 20 heavy (non-hydrogen) atoms. The third-order valence-electron chi connectivity index (χ3n) is 4.22. The van der Waals surface area contributed by atoms with Crippen LogP contribution < -0.4 is 0 Å². The molecule has 1 fully saturated rings. The number of fused-ring (bicyclic) bond motifs is 1. The highest BCUT2D eigenvalue weighted by Crippen LogP contribution is 2.39. The van der Waals surface area contributed by atoms with Gasteiger partial charge >= 0.3 is 5.97 Å². The second kappa shape index (κ2) is 4.81. The molecule has 1 saturated heterocycles. The predicted molar refractivity (Wildman–Crippen MR) is 76.7 cm³/mol. The van der Waals surface area contributed by atoms with Crippen molar-refractivity contribution in [2.45, 2.75) is 29.9 Å². The molecule has 2 aliphatic rings. The summed E-state index contributed by atoms with van der Waals surface area (Å²) in [7, 11) is 0. The second-order valence-corrected chi connectivity index (χ2v) is 7.04. The van der Waals surface area contributed by atoms with Crippen molar-refractivity contribution < 1.29 is 14.7 Å². The lowest BCUT2D eigenvalue weighted by Crippen LogP contribution is -2.39. The Bertz CT molecular complexity index is 549. The van der Waals surface area contributed by atoms with Crippen molar-refractivity contribution in [3.8, 4) is 0 Å². The number of thioether (sulfide) groups is 1. The third kappa shape index (κ3) is 2.20. The molecule has 4 nitrogen and oxygen atoms in total. The van der Waals surface area contributed by atoms with Crippen LogP contribution in [0.3, 0.4) is 0 Å². The van der Waals surface area contributed by atoms with Crippen LogP contribution in [0.1, 0.15) is 18.9 Å². The van der Waals surface area contributed by atoms with Crippen LogP contribution in [-0.4, -0.2) is 40.2 Å². The molecule has 2 atom stereocenters. The topological polar surface area (TPSA) is 57.6 Å². The van der Waals surface area contributed by atoms with Crippen molar-refractivity contribution in [2.75, 3.05) is 13.1 Å². The van der Waals surface area contributed by atoms with Crippen LogP contribution in [0.4, 0.5) is 0 Å². The first kappa shape index (κ1) is 13.5. The van der Waals surface area contributed by atoms with E-state index in [-0.39, 0.29) is 11.2 Å². The van der Waals surface area contributed by atoms with Gasteiger partial charge in [-0.3, -0.25) is 9.59 Å². The van der Waals surface area contributed by atoms with Crippen LogP contribution in [0.5, 0.6) is 0 Å². The quantitative estimate of drug-likeness (QED) is 0.906. The van der Waals surface area contributed by atoms with Crippen LogP contribution in [0.2, 0.25) is 0 Å². The summed E-state index contributed by atoms with van der Waals surface area (Å²) in [5.41, 5.74) is 0.433. The standard InChI is InChI=1S/C15H17NO3S/c1-15(14(18)19)6-7-16(9-15)13(17)12-8-10-4-2-3-5-11(10)20-12/h2-5,12H,6-9H2,1H3,(H,18,19). The monoisotopic (exact) mass is 291 g/mol. The van der Waals surface area contributed by atoms with Crippen molar-refractivity contribution in [1.82, 2.24) is 4.90 Å². The zero-order valence-electron chi connectivity index (χ0n) is 11.3. The van der Waals surface area contributed by atoms with E-state index in [1.165, 1.54) is 10.5 Å². The molecule has 0 saturated carbocycles. The fraction of sp³-hybridized carbons (Fsp3) is 0.467. The Kier molecular flexibility index (Phi) is 3.24. The van der Waals surface area contributed by atoms with Gasteiger partial charge in [0.1, 0.15) is 0 Å². The van der Waals surface area contributed by atoms with Gasteiger partial charge in [0.15, 0.2) is 0 Å². The summed E-state index contributed by atoms with van der Waals surface area (Å²) in [6.45, 7) is 2.60. The summed E-state index contributed by atoms with van der Waals surface area (Å²) >= 11 is 1.60. The molecule has 1 amide bonds. The highest BCUT2D eigenvalue weighted by molar-refractivity contribution is 8.01. The highest BCUT2D eigenvalue weighted by Gasteiger charge is 2.44. The molecule has 1 N–H and O–H groups in total. The second-order valence-electron chi connectivity index (χ2n) is 5.79. The smallest absolute Gasteiger partial charge is 0.311 e. The predicted octanol–water partition coefficient (Wildman–Crippen LogP) is 2.03. The Balaban J connectivity index is 1.69. The van der Waals surface area contributed by atoms with E-state index in [1.54, 1.807) is 23.6 Å². The molecular weight excluding hydrogens is 274 g/mol. The van der Waals surface area contributed by atoms with Gasteiger partial charge < -0.3 is 10.0 Å². The number of carboxylic acids is 1. The minimum Gasteiger partial charge on any atom is -0.481 e. The average Bonchev–Trinajstić information content (AvgIpc) is 3.02. The number of benzene rings is 1. The van der Waals surface area contributed by atoms with Crippen LogP contribution >= 0.6 is 11.8 Å². The summed E-state index contributed by atoms with van der Waals surface area (Å²) in [5.74, 6) is -0.730. The lowest BCUT2D eigenvalue weighted by molar-refractivity contribution is -0.147. The van der Waals surface area contributed by atoms with Gasteiger partial charge in [-0.2, -0.15) is 0 Å². The Morgan fingerprint density at radius 1 is 1.40 bits per heavy atom. The Labute approximate surface area is 122 Å². The van der Waals surface area contributed by atoms with Gasteiger partial charge in [-0.1, -0.05) is 18.2 Å². The molecule has 2 unspecified atom stereocenters. The number of amides is 1. The average molecular weight is 291 g/mol. The number of likely N-dealkylation sites (tertiary alicyclic amines) is 1. The van der Waals surface area contributed by atoms with Crippen molar-refractivity contribution in [2.24, 2.45) is 5.41 Å². The fourth-order valence-electron chi connectivity index (χ4n) is 2.85. The zero-order chi connectivity index (χ0) is 14.3. The molecular formula is C15H17NO3S. The largest absolute Gasteiger partial charge is 0.481 e. The Hall–Kier alpha value is -1.49. The number of aliphatic carboxylic acids is 1. The minimum absolute atomic E-state index is 0.0798. The van der Waals surface area contributed by atoms with E-state index in [0.29, 0.717) is 19.5 Å². The normalized spacial score (nSPS) is 28.4. The van der Waals surface area contributed by atoms with Gasteiger partial charge in [0.25, 0.3) is 0 Å². The number of hydrogen-bond donors (Lipinski definition) is 1. The third-order valence-corrected chi connectivity index (χ3v) is 5.53.